The van der Waals surface area contributed by atoms with E-state index in [0.717, 1.165) is 4.47 Å². The van der Waals surface area contributed by atoms with Crippen LogP contribution in [0.5, 0.6) is 11.5 Å². The van der Waals surface area contributed by atoms with E-state index in [9.17, 15) is 0 Å². The topological polar surface area (TPSA) is 38.7 Å². The molecular weight excluding hydrogens is 236 g/mol. The fraction of sp³-hybridized carbons (Fsp3) is 0.333. The Hall–Kier alpha value is -0.740. The highest BCUT2D eigenvalue weighted by molar-refractivity contribution is 9.10. The summed E-state index contributed by atoms with van der Waals surface area (Å²) in [5.74, 6) is 1.40. The molecule has 13 heavy (non-hydrogen) atoms. The lowest BCUT2D eigenvalue weighted by atomic mass is 10.3. The Morgan fingerprint density at radius 2 is 2.38 bits per heavy atom. The maximum absolute atomic E-state index is 8.87. The van der Waals surface area contributed by atoms with E-state index >= 15 is 0 Å². The van der Waals surface area contributed by atoms with E-state index in [1.54, 1.807) is 0 Å². The Morgan fingerprint density at radius 3 is 3.15 bits per heavy atom. The SMILES string of the molecule is OCC1COc2c(Br)cccc2O1. The molecule has 0 bridgehead atoms. The van der Waals surface area contributed by atoms with E-state index in [-0.39, 0.29) is 12.7 Å². The molecular formula is C9H9BrO3. The zero-order valence-electron chi connectivity index (χ0n) is 6.87. The van der Waals surface area contributed by atoms with Crippen molar-refractivity contribution in [2.24, 2.45) is 0 Å². The largest absolute Gasteiger partial charge is 0.485 e. The first-order valence-electron chi connectivity index (χ1n) is 4.00. The van der Waals surface area contributed by atoms with Gasteiger partial charge in [-0.25, -0.2) is 0 Å². The molecule has 1 N–H and O–H groups in total. The van der Waals surface area contributed by atoms with Gasteiger partial charge in [0.25, 0.3) is 0 Å². The summed E-state index contributed by atoms with van der Waals surface area (Å²) in [7, 11) is 0. The van der Waals surface area contributed by atoms with Crippen LogP contribution in [0, 0.1) is 0 Å². The molecule has 70 valence electrons. The standard InChI is InChI=1S/C9H9BrO3/c10-7-2-1-3-8-9(7)12-5-6(4-11)13-8/h1-3,6,11H,4-5H2. The second-order valence-electron chi connectivity index (χ2n) is 2.80. The fourth-order valence-corrected chi connectivity index (χ4v) is 1.66. The predicted molar refractivity (Wildman–Crippen MR) is 51.1 cm³/mol. The van der Waals surface area contributed by atoms with E-state index in [0.29, 0.717) is 18.1 Å². The highest BCUT2D eigenvalue weighted by Gasteiger charge is 2.21. The first kappa shape index (κ1) is 8.84. The van der Waals surface area contributed by atoms with Crippen molar-refractivity contribution in [1.29, 1.82) is 0 Å². The number of fused-ring (bicyclic) bond motifs is 1. The molecule has 0 aliphatic carbocycles. The van der Waals surface area contributed by atoms with Crippen molar-refractivity contribution in [1.82, 2.24) is 0 Å². The first-order chi connectivity index (χ1) is 6.31. The van der Waals surface area contributed by atoms with E-state index in [1.807, 2.05) is 18.2 Å². The molecule has 0 radical (unpaired) electrons. The number of para-hydroxylation sites is 1. The normalized spacial score (nSPS) is 20.0. The molecule has 0 amide bonds. The third-order valence-corrected chi connectivity index (χ3v) is 2.47. The molecule has 1 aliphatic rings. The zero-order valence-corrected chi connectivity index (χ0v) is 8.45. The summed E-state index contributed by atoms with van der Waals surface area (Å²) in [6, 6.07) is 5.58. The summed E-state index contributed by atoms with van der Waals surface area (Å²) in [5.41, 5.74) is 0. The second kappa shape index (κ2) is 3.55. The Bertz CT molecular complexity index is 314. The Labute approximate surface area is 84.4 Å². The molecule has 1 unspecified atom stereocenters. The molecule has 1 atom stereocenters. The lowest BCUT2D eigenvalue weighted by molar-refractivity contribution is 0.0451. The highest BCUT2D eigenvalue weighted by atomic mass is 79.9. The lowest BCUT2D eigenvalue weighted by Crippen LogP contribution is -2.32. The van der Waals surface area contributed by atoms with Crippen molar-refractivity contribution in [3.63, 3.8) is 0 Å². The molecule has 0 aromatic heterocycles. The van der Waals surface area contributed by atoms with Crippen LogP contribution < -0.4 is 9.47 Å². The molecule has 2 rings (SSSR count). The van der Waals surface area contributed by atoms with Gasteiger partial charge < -0.3 is 14.6 Å². The lowest BCUT2D eigenvalue weighted by Gasteiger charge is -2.25. The van der Waals surface area contributed by atoms with Crippen LogP contribution in [0.25, 0.3) is 0 Å². The molecule has 1 heterocycles. The van der Waals surface area contributed by atoms with E-state index < -0.39 is 0 Å². The molecule has 0 saturated heterocycles. The second-order valence-corrected chi connectivity index (χ2v) is 3.65. The van der Waals surface area contributed by atoms with Crippen molar-refractivity contribution >= 4 is 15.9 Å². The number of halogens is 1. The van der Waals surface area contributed by atoms with Gasteiger partial charge in [0.1, 0.15) is 6.61 Å². The van der Waals surface area contributed by atoms with Gasteiger partial charge in [0.05, 0.1) is 11.1 Å². The predicted octanol–water partition coefficient (Wildman–Crippen LogP) is 1.58. The van der Waals surface area contributed by atoms with Gasteiger partial charge in [0.2, 0.25) is 0 Å². The summed E-state index contributed by atoms with van der Waals surface area (Å²) >= 11 is 3.36. The molecule has 1 aromatic carbocycles. The van der Waals surface area contributed by atoms with Crippen molar-refractivity contribution in [2.45, 2.75) is 6.10 Å². The van der Waals surface area contributed by atoms with E-state index in [4.69, 9.17) is 14.6 Å². The van der Waals surface area contributed by atoms with E-state index in [1.165, 1.54) is 0 Å². The average molecular weight is 245 g/mol. The number of benzene rings is 1. The number of hydrogen-bond acceptors (Lipinski definition) is 3. The average Bonchev–Trinajstić information content (AvgIpc) is 2.18. The van der Waals surface area contributed by atoms with Crippen molar-refractivity contribution in [3.8, 4) is 11.5 Å². The zero-order chi connectivity index (χ0) is 9.26. The van der Waals surface area contributed by atoms with Gasteiger partial charge >= 0.3 is 0 Å². The molecule has 0 saturated carbocycles. The molecule has 4 heteroatoms. The van der Waals surface area contributed by atoms with Crippen LogP contribution in [0.2, 0.25) is 0 Å². The third-order valence-electron chi connectivity index (χ3n) is 1.84. The molecule has 0 fully saturated rings. The van der Waals surface area contributed by atoms with Gasteiger partial charge in [-0.15, -0.1) is 0 Å². The minimum Gasteiger partial charge on any atom is -0.485 e. The van der Waals surface area contributed by atoms with Gasteiger partial charge in [-0.3, -0.25) is 0 Å². The van der Waals surface area contributed by atoms with Crippen LogP contribution >= 0.6 is 15.9 Å². The van der Waals surface area contributed by atoms with Crippen LogP contribution in [0.1, 0.15) is 0 Å². The Kier molecular flexibility index (Phi) is 2.42. The summed E-state index contributed by atoms with van der Waals surface area (Å²) in [6.45, 7) is 0.373. The van der Waals surface area contributed by atoms with E-state index in [2.05, 4.69) is 15.9 Å². The number of ether oxygens (including phenoxy) is 2. The van der Waals surface area contributed by atoms with Crippen LogP contribution in [0.3, 0.4) is 0 Å². The van der Waals surface area contributed by atoms with Gasteiger partial charge in [0, 0.05) is 0 Å². The molecule has 1 aliphatic heterocycles. The Balaban J connectivity index is 2.31. The van der Waals surface area contributed by atoms with Crippen LogP contribution in [-0.4, -0.2) is 24.4 Å². The minimum atomic E-state index is -0.248. The Morgan fingerprint density at radius 1 is 1.54 bits per heavy atom. The third kappa shape index (κ3) is 1.64. The maximum atomic E-state index is 8.87. The van der Waals surface area contributed by atoms with Gasteiger partial charge in [-0.05, 0) is 28.1 Å². The summed E-state index contributed by atoms with van der Waals surface area (Å²) in [5, 5.41) is 8.87. The number of aliphatic hydroxyl groups is 1. The number of aliphatic hydroxyl groups excluding tert-OH is 1. The highest BCUT2D eigenvalue weighted by Crippen LogP contribution is 2.37. The molecule has 1 aromatic rings. The van der Waals surface area contributed by atoms with Crippen LogP contribution in [0.15, 0.2) is 22.7 Å². The molecule has 0 spiro atoms. The first-order valence-corrected chi connectivity index (χ1v) is 4.79. The number of hydrogen-bond donors (Lipinski definition) is 1. The summed E-state index contributed by atoms with van der Waals surface area (Å²) in [4.78, 5) is 0. The summed E-state index contributed by atoms with van der Waals surface area (Å²) in [6.07, 6.45) is -0.248. The number of rotatable bonds is 1. The van der Waals surface area contributed by atoms with Crippen molar-refractivity contribution < 1.29 is 14.6 Å². The maximum Gasteiger partial charge on any atom is 0.175 e. The fourth-order valence-electron chi connectivity index (χ4n) is 1.20. The van der Waals surface area contributed by atoms with Crippen LogP contribution in [-0.2, 0) is 0 Å². The van der Waals surface area contributed by atoms with Gasteiger partial charge in [-0.1, -0.05) is 6.07 Å². The van der Waals surface area contributed by atoms with Crippen molar-refractivity contribution in [3.05, 3.63) is 22.7 Å². The smallest absolute Gasteiger partial charge is 0.175 e. The minimum absolute atomic E-state index is 0.0219. The monoisotopic (exact) mass is 244 g/mol. The van der Waals surface area contributed by atoms with Gasteiger partial charge in [-0.2, -0.15) is 0 Å². The summed E-state index contributed by atoms with van der Waals surface area (Å²) < 4.78 is 11.8. The molecule has 3 nitrogen and oxygen atoms in total. The van der Waals surface area contributed by atoms with Gasteiger partial charge in [0.15, 0.2) is 17.6 Å². The van der Waals surface area contributed by atoms with Crippen molar-refractivity contribution in [2.75, 3.05) is 13.2 Å². The quantitative estimate of drug-likeness (QED) is 0.816. The van der Waals surface area contributed by atoms with Crippen LogP contribution in [0.4, 0.5) is 0 Å².